The number of ether oxygens (including phenoxy) is 1. The zero-order valence-electron chi connectivity index (χ0n) is 21.9. The van der Waals surface area contributed by atoms with Crippen molar-refractivity contribution in [2.24, 2.45) is 0 Å². The Kier molecular flexibility index (Phi) is 9.22. The number of nitriles is 1. The molecule has 0 saturated heterocycles. The van der Waals surface area contributed by atoms with Crippen LogP contribution in [0.3, 0.4) is 0 Å². The van der Waals surface area contributed by atoms with Gasteiger partial charge < -0.3 is 9.72 Å². The van der Waals surface area contributed by atoms with Crippen LogP contribution in [0.1, 0.15) is 16.7 Å². The van der Waals surface area contributed by atoms with Gasteiger partial charge in [0, 0.05) is 22.9 Å². The smallest absolute Gasteiger partial charge is 0.240 e. The minimum Gasteiger partial charge on any atom is -0.456 e. The summed E-state index contributed by atoms with van der Waals surface area (Å²) >= 11 is 9.32. The van der Waals surface area contributed by atoms with Crippen LogP contribution in [-0.2, 0) is 15.8 Å². The van der Waals surface area contributed by atoms with E-state index >= 15 is 0 Å². The van der Waals surface area contributed by atoms with E-state index in [0.717, 1.165) is 26.8 Å². The molecule has 0 atom stereocenters. The minimum absolute atomic E-state index is 0.127. The summed E-state index contributed by atoms with van der Waals surface area (Å²) < 4.78 is 34.1. The fourth-order valence-electron chi connectivity index (χ4n) is 4.05. The van der Waals surface area contributed by atoms with Gasteiger partial charge in [-0.2, -0.15) is 5.26 Å². The number of benzene rings is 4. The minimum atomic E-state index is -3.70. The first-order valence-corrected chi connectivity index (χ1v) is 16.4. The van der Waals surface area contributed by atoms with Crippen LogP contribution in [0.5, 0.6) is 11.5 Å². The Morgan fingerprint density at radius 2 is 1.78 bits per heavy atom. The first-order valence-electron chi connectivity index (χ1n) is 12.6. The second kappa shape index (κ2) is 13.0. The second-order valence-corrected chi connectivity index (χ2v) is 13.2. The quantitative estimate of drug-likeness (QED) is 0.116. The van der Waals surface area contributed by atoms with Crippen LogP contribution in [-0.4, -0.2) is 30.7 Å². The summed E-state index contributed by atoms with van der Waals surface area (Å²) in [5.74, 6) is 2.06. The van der Waals surface area contributed by atoms with Crippen molar-refractivity contribution >= 4 is 56.2 Å². The lowest BCUT2D eigenvalue weighted by molar-refractivity contribution is 0.480. The number of imidazole rings is 1. The van der Waals surface area contributed by atoms with Gasteiger partial charge in [-0.1, -0.05) is 53.7 Å². The van der Waals surface area contributed by atoms with E-state index < -0.39 is 10.0 Å². The molecule has 0 fully saturated rings. The van der Waals surface area contributed by atoms with Gasteiger partial charge in [-0.25, -0.2) is 18.1 Å². The third kappa shape index (κ3) is 7.07. The van der Waals surface area contributed by atoms with Crippen molar-refractivity contribution in [2.45, 2.75) is 27.6 Å². The lowest BCUT2D eigenvalue weighted by Crippen LogP contribution is -2.26. The van der Waals surface area contributed by atoms with Crippen LogP contribution in [0.25, 0.3) is 11.0 Å². The maximum Gasteiger partial charge on any atom is 0.240 e. The van der Waals surface area contributed by atoms with Gasteiger partial charge in [0.2, 0.25) is 10.0 Å². The molecule has 0 bridgehead atoms. The number of thioether (sulfide) groups is 2. The van der Waals surface area contributed by atoms with Gasteiger partial charge in [-0.05, 0) is 72.6 Å². The number of nitrogens with zero attached hydrogens (tertiary/aromatic N) is 2. The van der Waals surface area contributed by atoms with Crippen LogP contribution in [0.4, 0.5) is 0 Å². The summed E-state index contributed by atoms with van der Waals surface area (Å²) in [4.78, 5) is 9.23. The Hall–Kier alpha value is -3.46. The van der Waals surface area contributed by atoms with Crippen LogP contribution in [0, 0.1) is 18.3 Å². The normalized spacial score (nSPS) is 11.4. The largest absolute Gasteiger partial charge is 0.456 e. The Morgan fingerprint density at radius 3 is 2.56 bits per heavy atom. The van der Waals surface area contributed by atoms with Crippen molar-refractivity contribution < 1.29 is 13.2 Å². The summed E-state index contributed by atoms with van der Waals surface area (Å²) in [6.45, 7) is 2.37. The topological polar surface area (TPSA) is 108 Å². The first kappa shape index (κ1) is 29.0. The highest BCUT2D eigenvalue weighted by Gasteiger charge is 2.15. The number of hydrogen-bond donors (Lipinski definition) is 2. The summed E-state index contributed by atoms with van der Waals surface area (Å²) in [5.41, 5.74) is 4.58. The fraction of sp³-hybridized carbons (Fsp3) is 0.133. The molecule has 1 aromatic heterocycles. The number of sulfonamides is 1. The molecule has 0 aliphatic carbocycles. The molecular weight excluding hydrogens is 596 g/mol. The monoisotopic (exact) mass is 620 g/mol. The number of aromatic amines is 1. The molecule has 0 unspecified atom stereocenters. The Labute approximate surface area is 252 Å². The van der Waals surface area contributed by atoms with Crippen LogP contribution in [0.15, 0.2) is 99.9 Å². The molecule has 11 heteroatoms. The molecule has 0 spiro atoms. The molecule has 4 aromatic carbocycles. The second-order valence-electron chi connectivity index (χ2n) is 8.93. The number of halogens is 1. The molecule has 5 rings (SSSR count). The van der Waals surface area contributed by atoms with E-state index in [2.05, 4.69) is 33.7 Å². The molecule has 1 heterocycles. The van der Waals surface area contributed by atoms with Crippen LogP contribution in [0.2, 0.25) is 5.02 Å². The first-order chi connectivity index (χ1) is 19.8. The fourth-order valence-corrected chi connectivity index (χ4v) is 7.31. The molecule has 2 N–H and O–H groups in total. The molecule has 5 aromatic rings. The zero-order chi connectivity index (χ0) is 28.8. The maximum absolute atomic E-state index is 12.8. The Balaban J connectivity index is 1.14. The number of nitrogens with one attached hydrogen (secondary N) is 2. The number of fused-ring (bicyclic) bond motifs is 1. The molecule has 41 heavy (non-hydrogen) atoms. The van der Waals surface area contributed by atoms with Gasteiger partial charge in [0.05, 0.1) is 21.0 Å². The van der Waals surface area contributed by atoms with Gasteiger partial charge in [-0.15, -0.1) is 11.8 Å². The van der Waals surface area contributed by atoms with Gasteiger partial charge in [0.1, 0.15) is 23.1 Å². The van der Waals surface area contributed by atoms with E-state index in [0.29, 0.717) is 17.3 Å². The molecule has 0 amide bonds. The highest BCUT2D eigenvalue weighted by molar-refractivity contribution is 7.99. The molecule has 0 aliphatic heterocycles. The molecular formula is C30H25ClN4O3S3. The lowest BCUT2D eigenvalue weighted by Gasteiger charge is -2.12. The summed E-state index contributed by atoms with van der Waals surface area (Å²) in [5, 5.41) is 10.5. The highest BCUT2D eigenvalue weighted by Crippen LogP contribution is 2.31. The van der Waals surface area contributed by atoms with Crippen molar-refractivity contribution in [2.75, 3.05) is 12.3 Å². The van der Waals surface area contributed by atoms with E-state index in [-0.39, 0.29) is 22.0 Å². The van der Waals surface area contributed by atoms with Gasteiger partial charge in [0.15, 0.2) is 5.16 Å². The highest BCUT2D eigenvalue weighted by atomic mass is 35.5. The summed E-state index contributed by atoms with van der Waals surface area (Å²) in [6.07, 6.45) is 0. The van der Waals surface area contributed by atoms with Crippen molar-refractivity contribution in [3.05, 3.63) is 107 Å². The van der Waals surface area contributed by atoms with Crippen LogP contribution >= 0.6 is 35.1 Å². The van der Waals surface area contributed by atoms with Crippen molar-refractivity contribution in [1.29, 1.82) is 5.26 Å². The number of H-pyrrole nitrogens is 1. The lowest BCUT2D eigenvalue weighted by atomic mass is 10.1. The van der Waals surface area contributed by atoms with Gasteiger partial charge in [-0.3, -0.25) is 0 Å². The van der Waals surface area contributed by atoms with E-state index in [1.165, 1.54) is 23.3 Å². The molecule has 7 nitrogen and oxygen atoms in total. The predicted molar refractivity (Wildman–Crippen MR) is 165 cm³/mol. The standard InChI is InChI=1S/C30H25ClN4O3S3/c1-20-21(19-40-30-34-26-8-2-3-9-27(26)35-30)6-4-11-29(20)39-17-16-33-41(36,37)23-14-12-22(13-15-23)38-28-10-5-7-25(31)24(28)18-32/h2-15,33H,16-17,19H2,1H3,(H,34,35). The van der Waals surface area contributed by atoms with Crippen LogP contribution < -0.4 is 9.46 Å². The van der Waals surface area contributed by atoms with E-state index in [1.54, 1.807) is 53.9 Å². The van der Waals surface area contributed by atoms with Crippen molar-refractivity contribution in [1.82, 2.24) is 14.7 Å². The Morgan fingerprint density at radius 1 is 1.00 bits per heavy atom. The van der Waals surface area contributed by atoms with E-state index in [9.17, 15) is 13.7 Å². The average molecular weight is 621 g/mol. The molecule has 0 saturated carbocycles. The third-order valence-corrected chi connectivity index (χ3v) is 10.1. The number of aromatic nitrogens is 2. The van der Waals surface area contributed by atoms with E-state index in [4.69, 9.17) is 16.3 Å². The van der Waals surface area contributed by atoms with Crippen molar-refractivity contribution in [3.8, 4) is 17.6 Å². The number of hydrogen-bond acceptors (Lipinski definition) is 7. The Bertz CT molecular complexity index is 1800. The molecule has 0 aliphatic rings. The van der Waals surface area contributed by atoms with Gasteiger partial charge >= 0.3 is 0 Å². The number of para-hydroxylation sites is 2. The molecule has 0 radical (unpaired) electrons. The summed E-state index contributed by atoms with van der Waals surface area (Å²) in [6, 6.07) is 27.1. The van der Waals surface area contributed by atoms with Gasteiger partial charge in [0.25, 0.3) is 0 Å². The predicted octanol–water partition coefficient (Wildman–Crippen LogP) is 7.55. The third-order valence-electron chi connectivity index (χ3n) is 6.23. The molecule has 208 valence electrons. The maximum atomic E-state index is 12.8. The van der Waals surface area contributed by atoms with Crippen molar-refractivity contribution in [3.63, 3.8) is 0 Å². The summed E-state index contributed by atoms with van der Waals surface area (Å²) in [7, 11) is -3.70. The SMILES string of the molecule is Cc1c(CSc2nc3ccccc3[nH]2)cccc1SCCNS(=O)(=O)c1ccc(Oc2cccc(Cl)c2C#N)cc1. The average Bonchev–Trinajstić information content (AvgIpc) is 3.39. The zero-order valence-corrected chi connectivity index (χ0v) is 25.1. The number of rotatable bonds is 11. The van der Waals surface area contributed by atoms with E-state index in [1.807, 2.05) is 36.4 Å².